The van der Waals surface area contributed by atoms with Gasteiger partial charge in [0.1, 0.15) is 6.17 Å². The standard InChI is InChI=1S/C15H15BrN2O2S/c1-10-5-6-13(21-10)15(19)17-7-8-18(20)14(17)11-3-2-4-12(16)9-11/h2-6,9,14,20H,7-8H2,1H3. The van der Waals surface area contributed by atoms with Crippen LogP contribution in [0.25, 0.3) is 0 Å². The molecule has 6 heteroatoms. The van der Waals surface area contributed by atoms with Gasteiger partial charge in [-0.3, -0.25) is 4.79 Å². The predicted octanol–water partition coefficient (Wildman–Crippen LogP) is 3.66. The minimum absolute atomic E-state index is 0.0328. The van der Waals surface area contributed by atoms with Gasteiger partial charge in [-0.1, -0.05) is 28.1 Å². The van der Waals surface area contributed by atoms with Crippen molar-refractivity contribution >= 4 is 33.2 Å². The Balaban J connectivity index is 1.92. The molecule has 1 unspecified atom stereocenters. The molecule has 0 aliphatic carbocycles. The fraction of sp³-hybridized carbons (Fsp3) is 0.267. The maximum absolute atomic E-state index is 12.7. The van der Waals surface area contributed by atoms with E-state index in [9.17, 15) is 10.0 Å². The zero-order chi connectivity index (χ0) is 15.0. The van der Waals surface area contributed by atoms with Crippen molar-refractivity contribution in [3.8, 4) is 0 Å². The van der Waals surface area contributed by atoms with Crippen molar-refractivity contribution in [3.05, 3.63) is 56.2 Å². The summed E-state index contributed by atoms with van der Waals surface area (Å²) in [7, 11) is 0. The molecular formula is C15H15BrN2O2S. The highest BCUT2D eigenvalue weighted by molar-refractivity contribution is 9.10. The summed E-state index contributed by atoms with van der Waals surface area (Å²) < 4.78 is 0.930. The van der Waals surface area contributed by atoms with Crippen LogP contribution in [0.15, 0.2) is 40.9 Å². The van der Waals surface area contributed by atoms with Gasteiger partial charge in [0.25, 0.3) is 5.91 Å². The molecule has 1 aliphatic heterocycles. The predicted molar refractivity (Wildman–Crippen MR) is 85.5 cm³/mol. The smallest absolute Gasteiger partial charge is 0.265 e. The minimum atomic E-state index is -0.433. The monoisotopic (exact) mass is 366 g/mol. The van der Waals surface area contributed by atoms with Gasteiger partial charge in [0.2, 0.25) is 0 Å². The molecule has 1 aromatic heterocycles. The number of carbonyl (C=O) groups excluding carboxylic acids is 1. The maximum atomic E-state index is 12.7. The summed E-state index contributed by atoms with van der Waals surface area (Å²) in [5.74, 6) is -0.0328. The van der Waals surface area contributed by atoms with E-state index in [-0.39, 0.29) is 5.91 Å². The van der Waals surface area contributed by atoms with Crippen LogP contribution in [0.4, 0.5) is 0 Å². The van der Waals surface area contributed by atoms with E-state index in [0.29, 0.717) is 18.0 Å². The Morgan fingerprint density at radius 1 is 1.33 bits per heavy atom. The molecule has 1 aromatic carbocycles. The van der Waals surface area contributed by atoms with E-state index in [1.54, 1.807) is 4.90 Å². The fourth-order valence-corrected chi connectivity index (χ4v) is 3.78. The number of carbonyl (C=O) groups is 1. The zero-order valence-electron chi connectivity index (χ0n) is 11.5. The molecular weight excluding hydrogens is 352 g/mol. The van der Waals surface area contributed by atoms with Crippen molar-refractivity contribution in [2.75, 3.05) is 13.1 Å². The lowest BCUT2D eigenvalue weighted by molar-refractivity contribution is -0.122. The van der Waals surface area contributed by atoms with Crippen molar-refractivity contribution in [1.29, 1.82) is 0 Å². The fourth-order valence-electron chi connectivity index (χ4n) is 2.54. The lowest BCUT2D eigenvalue weighted by Gasteiger charge is -2.27. The van der Waals surface area contributed by atoms with E-state index >= 15 is 0 Å². The van der Waals surface area contributed by atoms with E-state index in [0.717, 1.165) is 14.9 Å². The molecule has 2 heterocycles. The Morgan fingerprint density at radius 2 is 2.14 bits per heavy atom. The number of halogens is 1. The summed E-state index contributed by atoms with van der Waals surface area (Å²) in [6, 6.07) is 11.5. The summed E-state index contributed by atoms with van der Waals surface area (Å²) in [5.41, 5.74) is 0.894. The summed E-state index contributed by atoms with van der Waals surface area (Å²) in [5, 5.41) is 11.4. The van der Waals surface area contributed by atoms with Crippen LogP contribution < -0.4 is 0 Å². The van der Waals surface area contributed by atoms with Gasteiger partial charge in [0.05, 0.1) is 4.88 Å². The Labute approximate surface area is 135 Å². The highest BCUT2D eigenvalue weighted by Gasteiger charge is 2.36. The maximum Gasteiger partial charge on any atom is 0.265 e. The number of hydroxylamine groups is 2. The second kappa shape index (κ2) is 5.88. The van der Waals surface area contributed by atoms with Gasteiger partial charge >= 0.3 is 0 Å². The average molecular weight is 367 g/mol. The lowest BCUT2D eigenvalue weighted by atomic mass is 10.1. The first-order chi connectivity index (χ1) is 10.1. The number of hydrogen-bond donors (Lipinski definition) is 1. The Bertz CT molecular complexity index is 673. The number of nitrogens with zero attached hydrogens (tertiary/aromatic N) is 2. The highest BCUT2D eigenvalue weighted by atomic mass is 79.9. The zero-order valence-corrected chi connectivity index (χ0v) is 13.9. The Morgan fingerprint density at radius 3 is 2.81 bits per heavy atom. The molecule has 3 rings (SSSR count). The van der Waals surface area contributed by atoms with Gasteiger partial charge in [-0.15, -0.1) is 11.3 Å². The van der Waals surface area contributed by atoms with Gasteiger partial charge in [-0.05, 0) is 36.8 Å². The van der Waals surface area contributed by atoms with Crippen molar-refractivity contribution in [2.45, 2.75) is 13.1 Å². The van der Waals surface area contributed by atoms with Crippen LogP contribution in [0.1, 0.15) is 26.3 Å². The number of aryl methyl sites for hydroxylation is 1. The molecule has 0 spiro atoms. The molecule has 21 heavy (non-hydrogen) atoms. The summed E-state index contributed by atoms with van der Waals surface area (Å²) in [4.78, 5) is 16.2. The van der Waals surface area contributed by atoms with Crippen molar-refractivity contribution in [2.24, 2.45) is 0 Å². The van der Waals surface area contributed by atoms with E-state index < -0.39 is 6.17 Å². The SMILES string of the molecule is Cc1ccc(C(=O)N2CCN(O)C2c2cccc(Br)c2)s1. The number of benzene rings is 1. The molecule has 0 saturated carbocycles. The molecule has 1 saturated heterocycles. The molecule has 0 bridgehead atoms. The number of rotatable bonds is 2. The Kier molecular flexibility index (Phi) is 4.12. The third-order valence-electron chi connectivity index (χ3n) is 3.51. The quantitative estimate of drug-likeness (QED) is 0.881. The second-order valence-electron chi connectivity index (χ2n) is 5.00. The number of hydrogen-bond acceptors (Lipinski definition) is 4. The van der Waals surface area contributed by atoms with E-state index in [1.807, 2.05) is 43.3 Å². The number of amides is 1. The van der Waals surface area contributed by atoms with Gasteiger partial charge in [0, 0.05) is 22.4 Å². The van der Waals surface area contributed by atoms with Crippen molar-refractivity contribution in [1.82, 2.24) is 9.96 Å². The molecule has 1 atom stereocenters. The third-order valence-corrected chi connectivity index (χ3v) is 4.99. The van der Waals surface area contributed by atoms with E-state index in [4.69, 9.17) is 0 Å². The van der Waals surface area contributed by atoms with Crippen molar-refractivity contribution < 1.29 is 10.0 Å². The van der Waals surface area contributed by atoms with Crippen LogP contribution in [0.5, 0.6) is 0 Å². The van der Waals surface area contributed by atoms with Crippen LogP contribution >= 0.6 is 27.3 Å². The van der Waals surface area contributed by atoms with Gasteiger partial charge in [-0.2, -0.15) is 5.06 Å². The van der Waals surface area contributed by atoms with Gasteiger partial charge < -0.3 is 10.1 Å². The molecule has 1 N–H and O–H groups in total. The molecule has 0 radical (unpaired) electrons. The first-order valence-electron chi connectivity index (χ1n) is 6.64. The van der Waals surface area contributed by atoms with Crippen LogP contribution in [0.2, 0.25) is 0 Å². The van der Waals surface area contributed by atoms with Gasteiger partial charge in [-0.25, -0.2) is 0 Å². The van der Waals surface area contributed by atoms with Gasteiger partial charge in [0.15, 0.2) is 0 Å². The first-order valence-corrected chi connectivity index (χ1v) is 8.25. The Hall–Kier alpha value is -1.21. The van der Waals surface area contributed by atoms with Crippen LogP contribution in [-0.2, 0) is 0 Å². The minimum Gasteiger partial charge on any atom is -0.315 e. The van der Waals surface area contributed by atoms with Crippen LogP contribution in [0.3, 0.4) is 0 Å². The third kappa shape index (κ3) is 2.89. The molecule has 4 nitrogen and oxygen atoms in total. The molecule has 1 amide bonds. The summed E-state index contributed by atoms with van der Waals surface area (Å²) >= 11 is 4.92. The summed E-state index contributed by atoms with van der Waals surface area (Å²) in [6.07, 6.45) is -0.433. The molecule has 1 aliphatic rings. The largest absolute Gasteiger partial charge is 0.315 e. The molecule has 1 fully saturated rings. The topological polar surface area (TPSA) is 43.8 Å². The van der Waals surface area contributed by atoms with Crippen LogP contribution in [-0.4, -0.2) is 34.2 Å². The normalized spacial score (nSPS) is 19.2. The van der Waals surface area contributed by atoms with Crippen molar-refractivity contribution in [3.63, 3.8) is 0 Å². The van der Waals surface area contributed by atoms with E-state index in [1.165, 1.54) is 16.4 Å². The van der Waals surface area contributed by atoms with E-state index in [2.05, 4.69) is 15.9 Å². The lowest BCUT2D eigenvalue weighted by Crippen LogP contribution is -2.33. The second-order valence-corrected chi connectivity index (χ2v) is 7.20. The molecule has 110 valence electrons. The number of thiophene rings is 1. The van der Waals surface area contributed by atoms with Crippen LogP contribution in [0, 0.1) is 6.92 Å². The first kappa shape index (κ1) is 14.7. The summed E-state index contributed by atoms with van der Waals surface area (Å²) in [6.45, 7) is 2.95. The average Bonchev–Trinajstić information content (AvgIpc) is 3.04. The highest BCUT2D eigenvalue weighted by Crippen LogP contribution is 2.32. The molecule has 2 aromatic rings.